The molecule has 144 valence electrons. The van der Waals surface area contributed by atoms with E-state index >= 15 is 0 Å². The topological polar surface area (TPSA) is 87.2 Å². The molecule has 0 radical (unpaired) electrons. The van der Waals surface area contributed by atoms with Gasteiger partial charge in [0.25, 0.3) is 5.56 Å². The standard InChI is InChI=1S/C20H26N4O3/c1-15-6-4-5-10-23(15)13-17-8-3-2-7-16(17)12-21-19(26)14-24-11-9-18(25)22-20(24)27/h2-3,7-9,11,15H,4-6,10,12-14H2,1H3,(H,21,26)(H,22,25,27). The summed E-state index contributed by atoms with van der Waals surface area (Å²) in [7, 11) is 0. The summed E-state index contributed by atoms with van der Waals surface area (Å²) in [6, 6.07) is 9.93. The van der Waals surface area contributed by atoms with E-state index in [2.05, 4.69) is 28.2 Å². The van der Waals surface area contributed by atoms with Crippen LogP contribution in [0.3, 0.4) is 0 Å². The number of benzene rings is 1. The molecule has 1 fully saturated rings. The predicted octanol–water partition coefficient (Wildman–Crippen LogP) is 1.23. The van der Waals surface area contributed by atoms with E-state index in [1.165, 1.54) is 41.7 Å². The van der Waals surface area contributed by atoms with Crippen LogP contribution < -0.4 is 16.6 Å². The number of aromatic amines is 1. The normalized spacial score (nSPS) is 17.6. The van der Waals surface area contributed by atoms with Crippen molar-refractivity contribution in [1.82, 2.24) is 19.8 Å². The first-order chi connectivity index (χ1) is 13.0. The van der Waals surface area contributed by atoms with Crippen LogP contribution in [0.25, 0.3) is 0 Å². The van der Waals surface area contributed by atoms with Gasteiger partial charge in [0.15, 0.2) is 0 Å². The first-order valence-electron chi connectivity index (χ1n) is 9.40. The maximum atomic E-state index is 12.2. The Bertz CT molecular complexity index is 902. The average molecular weight is 370 g/mol. The number of nitrogens with zero attached hydrogens (tertiary/aromatic N) is 2. The molecule has 2 N–H and O–H groups in total. The summed E-state index contributed by atoms with van der Waals surface area (Å²) < 4.78 is 1.18. The van der Waals surface area contributed by atoms with Crippen molar-refractivity contribution in [2.45, 2.75) is 51.9 Å². The van der Waals surface area contributed by atoms with Crippen molar-refractivity contribution in [3.8, 4) is 0 Å². The van der Waals surface area contributed by atoms with Crippen molar-refractivity contribution < 1.29 is 4.79 Å². The SMILES string of the molecule is CC1CCCCN1Cc1ccccc1CNC(=O)Cn1ccc(=O)[nH]c1=O. The van der Waals surface area contributed by atoms with Crippen LogP contribution in [0, 0.1) is 0 Å². The summed E-state index contributed by atoms with van der Waals surface area (Å²) >= 11 is 0. The van der Waals surface area contributed by atoms with E-state index in [1.807, 2.05) is 18.2 Å². The summed E-state index contributed by atoms with van der Waals surface area (Å²) in [4.78, 5) is 39.6. The fourth-order valence-corrected chi connectivity index (χ4v) is 3.47. The minimum atomic E-state index is -0.586. The molecule has 7 nitrogen and oxygen atoms in total. The van der Waals surface area contributed by atoms with Gasteiger partial charge in [0.1, 0.15) is 6.54 Å². The Balaban J connectivity index is 1.61. The number of rotatable bonds is 6. The number of carbonyl (C=O) groups excluding carboxylic acids is 1. The lowest BCUT2D eigenvalue weighted by atomic mass is 10.0. The third-order valence-corrected chi connectivity index (χ3v) is 5.12. The molecule has 0 saturated carbocycles. The number of hydrogen-bond acceptors (Lipinski definition) is 4. The lowest BCUT2D eigenvalue weighted by Crippen LogP contribution is -2.37. The van der Waals surface area contributed by atoms with Crippen LogP contribution in [0.5, 0.6) is 0 Å². The van der Waals surface area contributed by atoms with Gasteiger partial charge in [-0.1, -0.05) is 30.7 Å². The molecule has 1 unspecified atom stereocenters. The first kappa shape index (κ1) is 19.1. The maximum Gasteiger partial charge on any atom is 0.328 e. The first-order valence-corrected chi connectivity index (χ1v) is 9.40. The number of H-pyrrole nitrogens is 1. The largest absolute Gasteiger partial charge is 0.350 e. The Morgan fingerprint density at radius 1 is 1.19 bits per heavy atom. The van der Waals surface area contributed by atoms with Gasteiger partial charge < -0.3 is 5.32 Å². The maximum absolute atomic E-state index is 12.2. The average Bonchev–Trinajstić information content (AvgIpc) is 2.65. The highest BCUT2D eigenvalue weighted by Gasteiger charge is 2.19. The summed E-state index contributed by atoms with van der Waals surface area (Å²) in [5, 5.41) is 2.87. The monoisotopic (exact) mass is 370 g/mol. The smallest absolute Gasteiger partial charge is 0.328 e. The second-order valence-corrected chi connectivity index (χ2v) is 7.10. The van der Waals surface area contributed by atoms with Gasteiger partial charge in [0.2, 0.25) is 5.91 Å². The van der Waals surface area contributed by atoms with Crippen LogP contribution in [0.15, 0.2) is 46.1 Å². The molecular weight excluding hydrogens is 344 g/mol. The van der Waals surface area contributed by atoms with Gasteiger partial charge in [0, 0.05) is 31.4 Å². The predicted molar refractivity (Wildman–Crippen MR) is 103 cm³/mol. The lowest BCUT2D eigenvalue weighted by molar-refractivity contribution is -0.121. The molecule has 1 atom stereocenters. The third-order valence-electron chi connectivity index (χ3n) is 5.12. The second-order valence-electron chi connectivity index (χ2n) is 7.10. The Hall–Kier alpha value is -2.67. The Morgan fingerprint density at radius 2 is 1.96 bits per heavy atom. The van der Waals surface area contributed by atoms with Crippen molar-refractivity contribution in [3.05, 3.63) is 68.5 Å². The summed E-state index contributed by atoms with van der Waals surface area (Å²) in [5.74, 6) is -0.273. The van der Waals surface area contributed by atoms with Crippen molar-refractivity contribution >= 4 is 5.91 Å². The molecule has 1 amide bonds. The molecule has 2 aromatic rings. The number of nitrogens with one attached hydrogen (secondary N) is 2. The molecule has 3 rings (SSSR count). The van der Waals surface area contributed by atoms with E-state index in [-0.39, 0.29) is 12.5 Å². The number of aromatic nitrogens is 2. The number of carbonyl (C=O) groups is 1. The molecule has 1 aromatic heterocycles. The molecular formula is C20H26N4O3. The third kappa shape index (κ3) is 5.17. The number of likely N-dealkylation sites (tertiary alicyclic amines) is 1. The van der Waals surface area contributed by atoms with Crippen LogP contribution in [0.4, 0.5) is 0 Å². The number of amides is 1. The molecule has 0 spiro atoms. The van der Waals surface area contributed by atoms with E-state index in [9.17, 15) is 14.4 Å². The molecule has 27 heavy (non-hydrogen) atoms. The van der Waals surface area contributed by atoms with E-state index in [1.54, 1.807) is 0 Å². The highest BCUT2D eigenvalue weighted by Crippen LogP contribution is 2.20. The zero-order valence-electron chi connectivity index (χ0n) is 15.6. The molecule has 1 saturated heterocycles. The number of piperidine rings is 1. The summed E-state index contributed by atoms with van der Waals surface area (Å²) in [5.41, 5.74) is 1.24. The van der Waals surface area contributed by atoms with Gasteiger partial charge in [-0.2, -0.15) is 0 Å². The van der Waals surface area contributed by atoms with Crippen molar-refractivity contribution in [2.75, 3.05) is 6.54 Å². The van der Waals surface area contributed by atoms with E-state index in [0.29, 0.717) is 12.6 Å². The fraction of sp³-hybridized carbons (Fsp3) is 0.450. The summed E-state index contributed by atoms with van der Waals surface area (Å²) in [6.07, 6.45) is 5.08. The van der Waals surface area contributed by atoms with Crippen molar-refractivity contribution in [1.29, 1.82) is 0 Å². The van der Waals surface area contributed by atoms with Crippen LogP contribution in [-0.4, -0.2) is 32.9 Å². The Kier molecular flexibility index (Phi) is 6.24. The quantitative estimate of drug-likeness (QED) is 0.801. The fourth-order valence-electron chi connectivity index (χ4n) is 3.47. The molecule has 0 aliphatic carbocycles. The van der Waals surface area contributed by atoms with Crippen molar-refractivity contribution in [2.24, 2.45) is 0 Å². The van der Waals surface area contributed by atoms with Gasteiger partial charge in [-0.05, 0) is 37.4 Å². The van der Waals surface area contributed by atoms with Crippen LogP contribution in [0.1, 0.15) is 37.3 Å². The van der Waals surface area contributed by atoms with Crippen LogP contribution >= 0.6 is 0 Å². The molecule has 0 bridgehead atoms. The zero-order valence-corrected chi connectivity index (χ0v) is 15.6. The lowest BCUT2D eigenvalue weighted by Gasteiger charge is -2.33. The van der Waals surface area contributed by atoms with Gasteiger partial charge in [0.05, 0.1) is 0 Å². The van der Waals surface area contributed by atoms with E-state index in [0.717, 1.165) is 18.7 Å². The highest BCUT2D eigenvalue weighted by molar-refractivity contribution is 5.75. The molecule has 1 aromatic carbocycles. The minimum Gasteiger partial charge on any atom is -0.350 e. The molecule has 1 aliphatic heterocycles. The van der Waals surface area contributed by atoms with Gasteiger partial charge in [-0.3, -0.25) is 24.0 Å². The molecule has 2 heterocycles. The number of hydrogen-bond donors (Lipinski definition) is 2. The van der Waals surface area contributed by atoms with Gasteiger partial charge in [-0.15, -0.1) is 0 Å². The second kappa shape index (κ2) is 8.81. The molecule has 1 aliphatic rings. The van der Waals surface area contributed by atoms with Crippen LogP contribution in [0.2, 0.25) is 0 Å². The minimum absolute atomic E-state index is 0.124. The highest BCUT2D eigenvalue weighted by atomic mass is 16.2. The van der Waals surface area contributed by atoms with Crippen LogP contribution in [-0.2, 0) is 24.4 Å². The van der Waals surface area contributed by atoms with E-state index < -0.39 is 11.2 Å². The van der Waals surface area contributed by atoms with Gasteiger partial charge in [-0.25, -0.2) is 4.79 Å². The molecule has 7 heteroatoms. The zero-order chi connectivity index (χ0) is 19.2. The summed E-state index contributed by atoms with van der Waals surface area (Å²) in [6.45, 7) is 4.55. The van der Waals surface area contributed by atoms with E-state index in [4.69, 9.17) is 0 Å². The Labute approximate surface area is 158 Å². The van der Waals surface area contributed by atoms with Crippen molar-refractivity contribution in [3.63, 3.8) is 0 Å². The Morgan fingerprint density at radius 3 is 2.70 bits per heavy atom. The van der Waals surface area contributed by atoms with Gasteiger partial charge >= 0.3 is 5.69 Å².